The lowest BCUT2D eigenvalue weighted by Gasteiger charge is -2.07. The van der Waals surface area contributed by atoms with Gasteiger partial charge >= 0.3 is 0 Å². The highest BCUT2D eigenvalue weighted by Crippen LogP contribution is 2.27. The van der Waals surface area contributed by atoms with Crippen LogP contribution in [0.25, 0.3) is 11.5 Å². The Balaban J connectivity index is 1.83. The molecule has 0 unspecified atom stereocenters. The van der Waals surface area contributed by atoms with Gasteiger partial charge in [0, 0.05) is 29.7 Å². The number of halogens is 1. The highest BCUT2D eigenvalue weighted by Gasteiger charge is 2.14. The maximum Gasteiger partial charge on any atom is 0.191 e. The Morgan fingerprint density at radius 1 is 1.18 bits per heavy atom. The monoisotopic (exact) mass is 331 g/mol. The number of aromatic nitrogens is 5. The molecule has 1 aromatic carbocycles. The minimum atomic E-state index is 0.724. The van der Waals surface area contributed by atoms with Crippen LogP contribution >= 0.6 is 23.4 Å². The summed E-state index contributed by atoms with van der Waals surface area (Å²) in [5.74, 6) is 1.48. The zero-order valence-corrected chi connectivity index (χ0v) is 13.6. The van der Waals surface area contributed by atoms with Crippen LogP contribution in [0.1, 0.15) is 12.5 Å². The molecule has 0 amide bonds. The summed E-state index contributed by atoms with van der Waals surface area (Å²) in [5, 5.41) is 10.1. The molecule has 7 heteroatoms. The van der Waals surface area contributed by atoms with Crippen molar-refractivity contribution in [1.82, 2.24) is 24.7 Å². The van der Waals surface area contributed by atoms with Crippen molar-refractivity contribution in [3.63, 3.8) is 0 Å². The maximum absolute atomic E-state index is 6.19. The first-order valence-corrected chi connectivity index (χ1v) is 8.21. The zero-order valence-electron chi connectivity index (χ0n) is 12.0. The number of benzene rings is 1. The van der Waals surface area contributed by atoms with Gasteiger partial charge in [-0.3, -0.25) is 4.98 Å². The van der Waals surface area contributed by atoms with E-state index in [9.17, 15) is 0 Å². The SMILES string of the molecule is CCn1c(SCc2ccccc2Cl)nnc1-c1cnccn1. The quantitative estimate of drug-likeness (QED) is 0.667. The van der Waals surface area contributed by atoms with Gasteiger partial charge in [-0.1, -0.05) is 41.6 Å². The Morgan fingerprint density at radius 3 is 2.77 bits per heavy atom. The molecule has 5 nitrogen and oxygen atoms in total. The maximum atomic E-state index is 6.19. The van der Waals surface area contributed by atoms with E-state index < -0.39 is 0 Å². The van der Waals surface area contributed by atoms with Gasteiger partial charge in [0.1, 0.15) is 5.69 Å². The van der Waals surface area contributed by atoms with Gasteiger partial charge in [0.05, 0.1) is 6.20 Å². The van der Waals surface area contributed by atoms with Crippen LogP contribution in [0.15, 0.2) is 48.0 Å². The number of hydrogen-bond donors (Lipinski definition) is 0. The van der Waals surface area contributed by atoms with Crippen molar-refractivity contribution in [3.8, 4) is 11.5 Å². The topological polar surface area (TPSA) is 56.5 Å². The lowest BCUT2D eigenvalue weighted by molar-refractivity contribution is 0.685. The summed E-state index contributed by atoms with van der Waals surface area (Å²) in [4.78, 5) is 8.37. The van der Waals surface area contributed by atoms with E-state index in [1.54, 1.807) is 30.4 Å². The minimum absolute atomic E-state index is 0.724. The Kier molecular flexibility index (Phi) is 4.70. The van der Waals surface area contributed by atoms with Crippen molar-refractivity contribution < 1.29 is 0 Å². The first-order valence-electron chi connectivity index (χ1n) is 6.85. The predicted molar refractivity (Wildman–Crippen MR) is 87.7 cm³/mol. The fourth-order valence-electron chi connectivity index (χ4n) is 2.04. The van der Waals surface area contributed by atoms with Crippen LogP contribution in [-0.2, 0) is 12.3 Å². The van der Waals surface area contributed by atoms with Gasteiger partial charge in [-0.2, -0.15) is 0 Å². The van der Waals surface area contributed by atoms with E-state index in [0.29, 0.717) is 0 Å². The van der Waals surface area contributed by atoms with Gasteiger partial charge in [-0.25, -0.2) is 4.98 Å². The fraction of sp³-hybridized carbons (Fsp3) is 0.200. The largest absolute Gasteiger partial charge is 0.301 e. The fourth-order valence-corrected chi connectivity index (χ4v) is 3.33. The van der Waals surface area contributed by atoms with Crippen LogP contribution in [0.4, 0.5) is 0 Å². The average Bonchev–Trinajstić information content (AvgIpc) is 2.98. The van der Waals surface area contributed by atoms with Gasteiger partial charge in [-0.05, 0) is 18.6 Å². The molecule has 0 atom stereocenters. The molecule has 0 aliphatic rings. The van der Waals surface area contributed by atoms with Crippen LogP contribution in [0.2, 0.25) is 5.02 Å². The first kappa shape index (κ1) is 15.0. The second-order valence-electron chi connectivity index (χ2n) is 4.52. The van der Waals surface area contributed by atoms with Gasteiger partial charge in [0.2, 0.25) is 0 Å². The lowest BCUT2D eigenvalue weighted by atomic mass is 10.2. The molecule has 2 aromatic heterocycles. The van der Waals surface area contributed by atoms with Crippen LogP contribution < -0.4 is 0 Å². The van der Waals surface area contributed by atoms with Crippen LogP contribution in [0.5, 0.6) is 0 Å². The van der Waals surface area contributed by atoms with Crippen LogP contribution in [-0.4, -0.2) is 24.7 Å². The van der Waals surface area contributed by atoms with E-state index in [4.69, 9.17) is 11.6 Å². The van der Waals surface area contributed by atoms with E-state index in [1.165, 1.54) is 0 Å². The van der Waals surface area contributed by atoms with Crippen molar-refractivity contribution in [1.29, 1.82) is 0 Å². The van der Waals surface area contributed by atoms with Crippen LogP contribution in [0.3, 0.4) is 0 Å². The number of hydrogen-bond acceptors (Lipinski definition) is 5. The van der Waals surface area contributed by atoms with E-state index in [1.807, 2.05) is 28.8 Å². The van der Waals surface area contributed by atoms with E-state index in [2.05, 4.69) is 27.1 Å². The van der Waals surface area contributed by atoms with Crippen molar-refractivity contribution >= 4 is 23.4 Å². The smallest absolute Gasteiger partial charge is 0.191 e. The van der Waals surface area contributed by atoms with Crippen molar-refractivity contribution in [2.75, 3.05) is 0 Å². The molecule has 0 saturated heterocycles. The Morgan fingerprint density at radius 2 is 2.05 bits per heavy atom. The van der Waals surface area contributed by atoms with E-state index >= 15 is 0 Å². The molecule has 0 fully saturated rings. The molecule has 0 radical (unpaired) electrons. The average molecular weight is 332 g/mol. The van der Waals surface area contributed by atoms with Crippen LogP contribution in [0, 0.1) is 0 Å². The summed E-state index contributed by atoms with van der Waals surface area (Å²) in [6.07, 6.45) is 4.99. The summed E-state index contributed by atoms with van der Waals surface area (Å²) < 4.78 is 2.03. The highest BCUT2D eigenvalue weighted by molar-refractivity contribution is 7.98. The molecule has 0 spiro atoms. The molecule has 0 saturated carbocycles. The molecule has 112 valence electrons. The van der Waals surface area contributed by atoms with E-state index in [-0.39, 0.29) is 0 Å². The summed E-state index contributed by atoms with van der Waals surface area (Å²) in [7, 11) is 0. The second-order valence-corrected chi connectivity index (χ2v) is 5.87. The Bertz CT molecular complexity index is 760. The van der Waals surface area contributed by atoms with Gasteiger partial charge in [0.15, 0.2) is 11.0 Å². The molecule has 0 bridgehead atoms. The molecule has 2 heterocycles. The van der Waals surface area contributed by atoms with Gasteiger partial charge in [-0.15, -0.1) is 10.2 Å². The first-order chi connectivity index (χ1) is 10.8. The molecule has 3 rings (SSSR count). The highest BCUT2D eigenvalue weighted by atomic mass is 35.5. The molecule has 3 aromatic rings. The number of rotatable bonds is 5. The molecular formula is C15H14ClN5S. The van der Waals surface area contributed by atoms with Gasteiger partial charge in [0.25, 0.3) is 0 Å². The van der Waals surface area contributed by atoms with Gasteiger partial charge < -0.3 is 4.57 Å². The molecular weight excluding hydrogens is 318 g/mol. The third kappa shape index (κ3) is 3.13. The molecule has 0 N–H and O–H groups in total. The Labute approximate surface area is 137 Å². The van der Waals surface area contributed by atoms with Crippen molar-refractivity contribution in [3.05, 3.63) is 53.4 Å². The third-order valence-corrected chi connectivity index (χ3v) is 4.52. The number of nitrogens with zero attached hydrogens (tertiary/aromatic N) is 5. The van der Waals surface area contributed by atoms with Crippen molar-refractivity contribution in [2.45, 2.75) is 24.4 Å². The summed E-state index contributed by atoms with van der Waals surface area (Å²) in [6, 6.07) is 7.83. The van der Waals surface area contributed by atoms with Crippen molar-refractivity contribution in [2.24, 2.45) is 0 Å². The predicted octanol–water partition coefficient (Wildman–Crippen LogP) is 3.70. The molecule has 0 aliphatic heterocycles. The molecule has 0 aliphatic carbocycles. The standard InChI is InChI=1S/C15H14ClN5S/c1-2-21-14(13-9-17-7-8-18-13)19-20-15(21)22-10-11-5-3-4-6-12(11)16/h3-9H,2,10H2,1H3. The number of thioether (sulfide) groups is 1. The zero-order chi connectivity index (χ0) is 15.4. The lowest BCUT2D eigenvalue weighted by Crippen LogP contribution is -2.01. The minimum Gasteiger partial charge on any atom is -0.301 e. The summed E-state index contributed by atoms with van der Waals surface area (Å²) >= 11 is 7.80. The molecule has 22 heavy (non-hydrogen) atoms. The normalized spacial score (nSPS) is 10.8. The Hall–Kier alpha value is -1.92. The third-order valence-electron chi connectivity index (χ3n) is 3.14. The summed E-state index contributed by atoms with van der Waals surface area (Å²) in [6.45, 7) is 2.83. The van der Waals surface area contributed by atoms with E-state index in [0.717, 1.165) is 39.6 Å². The summed E-state index contributed by atoms with van der Waals surface area (Å²) in [5.41, 5.74) is 1.81. The second kappa shape index (κ2) is 6.89.